The van der Waals surface area contributed by atoms with Gasteiger partial charge in [-0.3, -0.25) is 0 Å². The van der Waals surface area contributed by atoms with Crippen LogP contribution in [0.15, 0.2) is 133 Å². The maximum atomic E-state index is 3.63. The summed E-state index contributed by atoms with van der Waals surface area (Å²) in [5, 5.41) is 8.68. The number of hydrogen-bond donors (Lipinski definition) is 1. The Hall–Kier alpha value is -4.36. The van der Waals surface area contributed by atoms with Crippen LogP contribution >= 0.6 is 0 Å². The van der Waals surface area contributed by atoms with E-state index in [9.17, 15) is 0 Å². The van der Waals surface area contributed by atoms with Crippen molar-refractivity contribution in [3.63, 3.8) is 0 Å². The third-order valence-electron chi connectivity index (χ3n) is 6.23. The molecule has 0 heterocycles. The van der Waals surface area contributed by atoms with Gasteiger partial charge in [0.1, 0.15) is 0 Å². The van der Waals surface area contributed by atoms with Gasteiger partial charge in [-0.25, -0.2) is 0 Å². The van der Waals surface area contributed by atoms with Crippen LogP contribution in [-0.2, 0) is 0 Å². The molecule has 0 atom stereocenters. The number of anilines is 2. The van der Waals surface area contributed by atoms with Gasteiger partial charge in [-0.15, -0.1) is 0 Å². The van der Waals surface area contributed by atoms with Crippen molar-refractivity contribution in [3.8, 4) is 22.3 Å². The summed E-state index contributed by atoms with van der Waals surface area (Å²) < 4.78 is 0. The van der Waals surface area contributed by atoms with Gasteiger partial charge in [0, 0.05) is 16.9 Å². The van der Waals surface area contributed by atoms with Crippen LogP contribution < -0.4 is 5.32 Å². The highest BCUT2D eigenvalue weighted by Crippen LogP contribution is 2.33. The third kappa shape index (κ3) is 3.86. The first-order chi connectivity index (χ1) is 16.3. The number of nitrogens with one attached hydrogen (secondary N) is 1. The first-order valence-electron chi connectivity index (χ1n) is 11.3. The first-order valence-corrected chi connectivity index (χ1v) is 11.3. The fourth-order valence-electron chi connectivity index (χ4n) is 4.47. The topological polar surface area (TPSA) is 12.0 Å². The summed E-state index contributed by atoms with van der Waals surface area (Å²) in [6, 6.07) is 47.5. The van der Waals surface area contributed by atoms with E-state index in [4.69, 9.17) is 0 Å². The lowest BCUT2D eigenvalue weighted by Gasteiger charge is -2.14. The second-order valence-electron chi connectivity index (χ2n) is 8.37. The molecule has 6 aromatic carbocycles. The van der Waals surface area contributed by atoms with Gasteiger partial charge >= 0.3 is 0 Å². The normalized spacial score (nSPS) is 11.0. The molecule has 0 unspecified atom stereocenters. The molecule has 0 bridgehead atoms. The zero-order valence-electron chi connectivity index (χ0n) is 18.2. The van der Waals surface area contributed by atoms with Crippen molar-refractivity contribution in [2.45, 2.75) is 0 Å². The summed E-state index contributed by atoms with van der Waals surface area (Å²) >= 11 is 0. The monoisotopic (exact) mass is 421 g/mol. The van der Waals surface area contributed by atoms with Crippen LogP contribution in [0.2, 0.25) is 0 Å². The summed E-state index contributed by atoms with van der Waals surface area (Å²) in [5.41, 5.74) is 7.04. The SMILES string of the molecule is c1ccc(-c2ccc3ccccc3c2)c(Nc2ccc(-c3ccc4ccccc4c3)cc2)c1. The number of benzene rings is 6. The molecule has 0 amide bonds. The van der Waals surface area contributed by atoms with Crippen LogP contribution in [0.5, 0.6) is 0 Å². The van der Waals surface area contributed by atoms with E-state index in [1.165, 1.54) is 43.8 Å². The van der Waals surface area contributed by atoms with Gasteiger partial charge in [0.25, 0.3) is 0 Å². The van der Waals surface area contributed by atoms with Gasteiger partial charge in [0.05, 0.1) is 0 Å². The summed E-state index contributed by atoms with van der Waals surface area (Å²) in [5.74, 6) is 0. The Bertz CT molecular complexity index is 1580. The van der Waals surface area contributed by atoms with Crippen molar-refractivity contribution in [2.75, 3.05) is 5.32 Å². The molecule has 156 valence electrons. The van der Waals surface area contributed by atoms with Crippen LogP contribution in [0.3, 0.4) is 0 Å². The molecule has 0 saturated heterocycles. The Balaban J connectivity index is 1.30. The zero-order chi connectivity index (χ0) is 22.0. The van der Waals surface area contributed by atoms with Crippen LogP contribution in [0.1, 0.15) is 0 Å². The fraction of sp³-hybridized carbons (Fsp3) is 0. The molecular formula is C32H23N. The predicted molar refractivity (Wildman–Crippen MR) is 142 cm³/mol. The molecular weight excluding hydrogens is 398 g/mol. The Morgan fingerprint density at radius 1 is 0.364 bits per heavy atom. The smallest absolute Gasteiger partial charge is 0.0463 e. The van der Waals surface area contributed by atoms with E-state index >= 15 is 0 Å². The summed E-state index contributed by atoms with van der Waals surface area (Å²) in [4.78, 5) is 0. The predicted octanol–water partition coefficient (Wildman–Crippen LogP) is 9.07. The third-order valence-corrected chi connectivity index (χ3v) is 6.23. The van der Waals surface area contributed by atoms with Gasteiger partial charge in [0.2, 0.25) is 0 Å². The van der Waals surface area contributed by atoms with Crippen LogP contribution in [0.25, 0.3) is 43.8 Å². The standard InChI is InChI=1S/C32H23N/c1-3-9-26-21-28(15-13-23(26)7-1)25-17-19-30(20-18-25)33-32-12-6-5-11-31(32)29-16-14-24-8-2-4-10-27(24)22-29/h1-22,33H. The quantitative estimate of drug-likeness (QED) is 0.299. The second-order valence-corrected chi connectivity index (χ2v) is 8.37. The molecule has 33 heavy (non-hydrogen) atoms. The summed E-state index contributed by atoms with van der Waals surface area (Å²) in [6.07, 6.45) is 0. The molecule has 1 nitrogen and oxygen atoms in total. The number of rotatable bonds is 4. The van der Waals surface area contributed by atoms with E-state index in [2.05, 4.69) is 139 Å². The van der Waals surface area contributed by atoms with E-state index in [0.717, 1.165) is 11.4 Å². The Kier molecular flexibility index (Phi) is 4.86. The lowest BCUT2D eigenvalue weighted by Crippen LogP contribution is -1.93. The lowest BCUT2D eigenvalue weighted by atomic mass is 9.99. The number of fused-ring (bicyclic) bond motifs is 2. The molecule has 6 rings (SSSR count). The van der Waals surface area contributed by atoms with Gasteiger partial charge in [-0.1, -0.05) is 103 Å². The van der Waals surface area contributed by atoms with Crippen molar-refractivity contribution in [1.29, 1.82) is 0 Å². The second kappa shape index (κ2) is 8.29. The zero-order valence-corrected chi connectivity index (χ0v) is 18.2. The van der Waals surface area contributed by atoms with Crippen LogP contribution in [-0.4, -0.2) is 0 Å². The Morgan fingerprint density at radius 2 is 0.879 bits per heavy atom. The molecule has 0 fully saturated rings. The van der Waals surface area contributed by atoms with Gasteiger partial charge in [-0.05, 0) is 68.6 Å². The maximum absolute atomic E-state index is 3.63. The van der Waals surface area contributed by atoms with Crippen molar-refractivity contribution in [1.82, 2.24) is 0 Å². The largest absolute Gasteiger partial charge is 0.355 e. The molecule has 0 aromatic heterocycles. The van der Waals surface area contributed by atoms with E-state index in [-0.39, 0.29) is 0 Å². The molecule has 0 aliphatic rings. The van der Waals surface area contributed by atoms with Crippen LogP contribution in [0.4, 0.5) is 11.4 Å². The molecule has 1 N–H and O–H groups in total. The molecule has 0 radical (unpaired) electrons. The van der Waals surface area contributed by atoms with Crippen molar-refractivity contribution < 1.29 is 0 Å². The highest BCUT2D eigenvalue weighted by atomic mass is 14.9. The average Bonchev–Trinajstić information content (AvgIpc) is 2.89. The average molecular weight is 422 g/mol. The van der Waals surface area contributed by atoms with Gasteiger partial charge in [0.15, 0.2) is 0 Å². The van der Waals surface area contributed by atoms with Gasteiger partial charge in [-0.2, -0.15) is 0 Å². The van der Waals surface area contributed by atoms with E-state index in [1.807, 2.05) is 0 Å². The summed E-state index contributed by atoms with van der Waals surface area (Å²) in [7, 11) is 0. The molecule has 0 aliphatic heterocycles. The Labute approximate surface area is 194 Å². The molecule has 0 aliphatic carbocycles. The minimum atomic E-state index is 1.08. The van der Waals surface area contributed by atoms with Crippen molar-refractivity contribution in [3.05, 3.63) is 133 Å². The van der Waals surface area contributed by atoms with Crippen molar-refractivity contribution in [2.24, 2.45) is 0 Å². The molecule has 0 saturated carbocycles. The van der Waals surface area contributed by atoms with Crippen molar-refractivity contribution >= 4 is 32.9 Å². The number of para-hydroxylation sites is 1. The highest BCUT2D eigenvalue weighted by Gasteiger charge is 2.07. The Morgan fingerprint density at radius 3 is 1.58 bits per heavy atom. The molecule has 6 aromatic rings. The first kappa shape index (κ1) is 19.3. The molecule has 1 heteroatoms. The van der Waals surface area contributed by atoms with E-state index in [1.54, 1.807) is 0 Å². The summed E-state index contributed by atoms with van der Waals surface area (Å²) in [6.45, 7) is 0. The van der Waals surface area contributed by atoms with E-state index in [0.29, 0.717) is 0 Å². The van der Waals surface area contributed by atoms with Crippen LogP contribution in [0, 0.1) is 0 Å². The minimum Gasteiger partial charge on any atom is -0.355 e. The van der Waals surface area contributed by atoms with Gasteiger partial charge < -0.3 is 5.32 Å². The minimum absolute atomic E-state index is 1.08. The lowest BCUT2D eigenvalue weighted by molar-refractivity contribution is 1.53. The number of hydrogen-bond acceptors (Lipinski definition) is 1. The highest BCUT2D eigenvalue weighted by molar-refractivity contribution is 5.91. The fourth-order valence-corrected chi connectivity index (χ4v) is 4.47. The van der Waals surface area contributed by atoms with E-state index < -0.39 is 0 Å². The molecule has 0 spiro atoms. The maximum Gasteiger partial charge on any atom is 0.0463 e.